The minimum absolute atomic E-state index is 0.0569. The van der Waals surface area contributed by atoms with Gasteiger partial charge in [-0.1, -0.05) is 12.8 Å². The second-order valence-electron chi connectivity index (χ2n) is 3.13. The predicted molar refractivity (Wildman–Crippen MR) is 46.6 cm³/mol. The predicted octanol–water partition coefficient (Wildman–Crippen LogP) is 1.31. The molecule has 0 aromatic carbocycles. The van der Waals surface area contributed by atoms with E-state index in [1.54, 1.807) is 0 Å². The molecular weight excluding hydrogens is 200 g/mol. The summed E-state index contributed by atoms with van der Waals surface area (Å²) in [5.74, 6) is -0.778. The van der Waals surface area contributed by atoms with Crippen LogP contribution in [-0.4, -0.2) is 20.0 Å². The van der Waals surface area contributed by atoms with Crippen molar-refractivity contribution in [1.29, 1.82) is 0 Å². The molecule has 0 atom stereocenters. The smallest absolute Gasteiger partial charge is 0.239 e. The number of halogens is 1. The normalized spacial score (nSPS) is 19.8. The van der Waals surface area contributed by atoms with E-state index in [0.717, 1.165) is 25.7 Å². The second kappa shape index (κ2) is 3.75. The Kier molecular flexibility index (Phi) is 3.12. The van der Waals surface area contributed by atoms with Gasteiger partial charge < -0.3 is 0 Å². The van der Waals surface area contributed by atoms with Crippen LogP contribution in [0.3, 0.4) is 0 Å². The van der Waals surface area contributed by atoms with Gasteiger partial charge in [-0.2, -0.15) is 0 Å². The Morgan fingerprint density at radius 1 is 1.33 bits per heavy atom. The first-order valence-corrected chi connectivity index (χ1v) is 6.42. The summed E-state index contributed by atoms with van der Waals surface area (Å²) in [4.78, 5) is 11.2. The highest BCUT2D eigenvalue weighted by molar-refractivity contribution is 8.14. The third-order valence-electron chi connectivity index (χ3n) is 2.13. The quantitative estimate of drug-likeness (QED) is 0.660. The van der Waals surface area contributed by atoms with Gasteiger partial charge >= 0.3 is 0 Å². The molecule has 0 spiro atoms. The van der Waals surface area contributed by atoms with Crippen molar-refractivity contribution in [1.82, 2.24) is 0 Å². The zero-order valence-corrected chi connectivity index (χ0v) is 8.20. The molecule has 0 radical (unpaired) electrons. The highest BCUT2D eigenvalue weighted by Crippen LogP contribution is 2.26. The van der Waals surface area contributed by atoms with Crippen molar-refractivity contribution >= 4 is 25.5 Å². The molecule has 3 nitrogen and oxygen atoms in total. The lowest BCUT2D eigenvalue weighted by Crippen LogP contribution is -2.18. The van der Waals surface area contributed by atoms with Crippen molar-refractivity contribution < 1.29 is 13.2 Å². The van der Waals surface area contributed by atoms with Crippen LogP contribution in [0.4, 0.5) is 0 Å². The van der Waals surface area contributed by atoms with E-state index in [9.17, 15) is 13.2 Å². The fourth-order valence-electron chi connectivity index (χ4n) is 1.54. The van der Waals surface area contributed by atoms with Gasteiger partial charge in [0, 0.05) is 16.6 Å². The topological polar surface area (TPSA) is 51.2 Å². The second-order valence-corrected chi connectivity index (χ2v) is 5.91. The van der Waals surface area contributed by atoms with Gasteiger partial charge in [-0.25, -0.2) is 8.42 Å². The maximum absolute atomic E-state index is 11.2. The molecule has 1 aliphatic carbocycles. The Balaban J connectivity index is 2.48. The van der Waals surface area contributed by atoms with E-state index >= 15 is 0 Å². The first kappa shape index (κ1) is 9.99. The summed E-state index contributed by atoms with van der Waals surface area (Å²) in [6, 6.07) is 0. The lowest BCUT2D eigenvalue weighted by Gasteiger charge is -2.04. The maximum Gasteiger partial charge on any atom is 0.239 e. The van der Waals surface area contributed by atoms with Crippen LogP contribution in [0.5, 0.6) is 0 Å². The van der Waals surface area contributed by atoms with Gasteiger partial charge in [0.05, 0.1) is 0 Å². The van der Waals surface area contributed by atoms with E-state index in [4.69, 9.17) is 10.7 Å². The van der Waals surface area contributed by atoms with Gasteiger partial charge in [-0.3, -0.25) is 4.79 Å². The van der Waals surface area contributed by atoms with Gasteiger partial charge in [0.2, 0.25) is 9.05 Å². The van der Waals surface area contributed by atoms with Crippen LogP contribution >= 0.6 is 10.7 Å². The number of carbonyl (C=O) groups is 1. The summed E-state index contributed by atoms with van der Waals surface area (Å²) < 4.78 is 21.1. The lowest BCUT2D eigenvalue weighted by molar-refractivity contribution is -0.120. The van der Waals surface area contributed by atoms with Crippen molar-refractivity contribution in [3.05, 3.63) is 0 Å². The monoisotopic (exact) mass is 210 g/mol. The molecule has 12 heavy (non-hydrogen) atoms. The molecule has 1 saturated carbocycles. The molecule has 1 fully saturated rings. The van der Waals surface area contributed by atoms with Crippen LogP contribution in [0.15, 0.2) is 0 Å². The summed E-state index contributed by atoms with van der Waals surface area (Å²) in [5.41, 5.74) is 0. The van der Waals surface area contributed by atoms with Crippen LogP contribution in [0, 0.1) is 5.92 Å². The van der Waals surface area contributed by atoms with E-state index in [2.05, 4.69) is 0 Å². The summed E-state index contributed by atoms with van der Waals surface area (Å²) in [7, 11) is 1.32. The molecule has 70 valence electrons. The summed E-state index contributed by atoms with van der Waals surface area (Å²) in [6.45, 7) is 0. The third kappa shape index (κ3) is 3.11. The van der Waals surface area contributed by atoms with Crippen LogP contribution in [0.25, 0.3) is 0 Å². The molecule has 0 aromatic rings. The SMILES string of the molecule is O=C(CS(=O)(=O)Cl)C1CCCC1. The summed E-state index contributed by atoms with van der Waals surface area (Å²) >= 11 is 0. The standard InChI is InChI=1S/C7H11ClO3S/c8-12(10,11)5-7(9)6-3-1-2-4-6/h6H,1-5H2. The van der Waals surface area contributed by atoms with E-state index in [-0.39, 0.29) is 11.7 Å². The highest BCUT2D eigenvalue weighted by Gasteiger charge is 2.25. The average molecular weight is 211 g/mol. The Bertz CT molecular complexity index is 264. The average Bonchev–Trinajstić information content (AvgIpc) is 2.32. The zero-order valence-electron chi connectivity index (χ0n) is 6.62. The Labute approximate surface area is 76.5 Å². The molecular formula is C7H11ClO3S. The summed E-state index contributed by atoms with van der Waals surface area (Å²) in [5, 5.41) is 0. The Morgan fingerprint density at radius 3 is 2.25 bits per heavy atom. The van der Waals surface area contributed by atoms with E-state index in [0.29, 0.717) is 0 Å². The van der Waals surface area contributed by atoms with E-state index in [1.165, 1.54) is 0 Å². The van der Waals surface area contributed by atoms with Crippen LogP contribution in [-0.2, 0) is 13.8 Å². The van der Waals surface area contributed by atoms with Gasteiger partial charge in [0.15, 0.2) is 5.78 Å². The minimum atomic E-state index is -3.64. The van der Waals surface area contributed by atoms with Gasteiger partial charge in [0.25, 0.3) is 0 Å². The zero-order chi connectivity index (χ0) is 9.19. The van der Waals surface area contributed by atoms with Crippen LogP contribution < -0.4 is 0 Å². The number of hydrogen-bond acceptors (Lipinski definition) is 3. The highest BCUT2D eigenvalue weighted by atomic mass is 35.7. The molecule has 0 aliphatic heterocycles. The maximum atomic E-state index is 11.2. The van der Waals surface area contributed by atoms with Crippen molar-refractivity contribution in [3.8, 4) is 0 Å². The fraction of sp³-hybridized carbons (Fsp3) is 0.857. The third-order valence-corrected chi connectivity index (χ3v) is 3.08. The van der Waals surface area contributed by atoms with E-state index < -0.39 is 14.8 Å². The number of ketones is 1. The molecule has 0 heterocycles. The van der Waals surface area contributed by atoms with Crippen LogP contribution in [0.2, 0.25) is 0 Å². The van der Waals surface area contributed by atoms with Crippen molar-refractivity contribution in [2.75, 3.05) is 5.75 Å². The van der Waals surface area contributed by atoms with Crippen molar-refractivity contribution in [3.63, 3.8) is 0 Å². The molecule has 0 bridgehead atoms. The molecule has 0 amide bonds. The first-order chi connectivity index (χ1) is 5.49. The molecule has 1 rings (SSSR count). The fourth-order valence-corrected chi connectivity index (χ4v) is 2.43. The first-order valence-electron chi connectivity index (χ1n) is 3.94. The van der Waals surface area contributed by atoms with Crippen LogP contribution in [0.1, 0.15) is 25.7 Å². The van der Waals surface area contributed by atoms with Gasteiger partial charge in [-0.05, 0) is 12.8 Å². The molecule has 1 aliphatic rings. The lowest BCUT2D eigenvalue weighted by atomic mass is 10.0. The van der Waals surface area contributed by atoms with Gasteiger partial charge in [-0.15, -0.1) is 0 Å². The van der Waals surface area contributed by atoms with Crippen molar-refractivity contribution in [2.45, 2.75) is 25.7 Å². The number of Topliss-reactive ketones (excluding diaryl/α,β-unsaturated/α-hetero) is 1. The number of carbonyl (C=O) groups excluding carboxylic acids is 1. The molecule has 0 saturated heterocycles. The van der Waals surface area contributed by atoms with E-state index in [1.807, 2.05) is 0 Å². The molecule has 0 aromatic heterocycles. The number of rotatable bonds is 3. The number of hydrogen-bond donors (Lipinski definition) is 0. The molecule has 0 N–H and O–H groups in total. The van der Waals surface area contributed by atoms with Crippen molar-refractivity contribution in [2.24, 2.45) is 5.92 Å². The Morgan fingerprint density at radius 2 is 1.83 bits per heavy atom. The van der Waals surface area contributed by atoms with Gasteiger partial charge in [0.1, 0.15) is 5.75 Å². The summed E-state index contributed by atoms with van der Waals surface area (Å²) in [6.07, 6.45) is 3.70. The Hall–Kier alpha value is -0.0900. The minimum Gasteiger partial charge on any atom is -0.298 e. The molecule has 0 unspecified atom stereocenters. The molecule has 5 heteroatoms. The largest absolute Gasteiger partial charge is 0.298 e.